The first kappa shape index (κ1) is 24.5. The monoisotopic (exact) mass is 451 g/mol. The Morgan fingerprint density at radius 2 is 2.00 bits per heavy atom. The molecule has 176 valence electrons. The minimum absolute atomic E-state index is 0.0269. The summed E-state index contributed by atoms with van der Waals surface area (Å²) in [6.07, 6.45) is 5.61. The minimum atomic E-state index is -0.356. The van der Waals surface area contributed by atoms with E-state index in [2.05, 4.69) is 4.98 Å². The molecule has 33 heavy (non-hydrogen) atoms. The van der Waals surface area contributed by atoms with Crippen LogP contribution in [0.3, 0.4) is 0 Å². The van der Waals surface area contributed by atoms with Crippen LogP contribution in [0.1, 0.15) is 48.7 Å². The Morgan fingerprint density at radius 3 is 2.67 bits per heavy atom. The van der Waals surface area contributed by atoms with Gasteiger partial charge in [0.25, 0.3) is 5.91 Å². The van der Waals surface area contributed by atoms with Gasteiger partial charge in [0.2, 0.25) is 11.8 Å². The third-order valence-corrected chi connectivity index (χ3v) is 5.99. The molecule has 2 amide bonds. The van der Waals surface area contributed by atoms with Crippen LogP contribution < -0.4 is 4.74 Å². The summed E-state index contributed by atoms with van der Waals surface area (Å²) in [5.41, 5.74) is 2.17. The molecule has 1 N–H and O–H groups in total. The molecule has 1 aliphatic rings. The molecular formula is C26H33N3O4. The van der Waals surface area contributed by atoms with Crippen molar-refractivity contribution < 1.29 is 19.4 Å². The standard InChI is InChI=1S/C26H33N3O4/c1-5-24(31)28(4)16-23-18(2)15-29(19(3)17-30)26(32)22-13-21(14-27-25(22)33-23)12-11-20-9-7-6-8-10-20/h6-14,18-19,23,30H,5,15-17H2,1-4H3/b12-11+/t18-,19+,23+/m1/s1. The van der Waals surface area contributed by atoms with Gasteiger partial charge in [0.05, 0.1) is 19.2 Å². The lowest BCUT2D eigenvalue weighted by Gasteiger charge is -2.37. The largest absolute Gasteiger partial charge is 0.472 e. The molecule has 0 unspecified atom stereocenters. The Labute approximate surface area is 195 Å². The average Bonchev–Trinajstić information content (AvgIpc) is 2.84. The van der Waals surface area contributed by atoms with E-state index in [0.717, 1.165) is 11.1 Å². The van der Waals surface area contributed by atoms with Gasteiger partial charge in [-0.25, -0.2) is 4.98 Å². The zero-order valence-corrected chi connectivity index (χ0v) is 19.8. The Bertz CT molecular complexity index is 992. The summed E-state index contributed by atoms with van der Waals surface area (Å²) in [5.74, 6) is -0.0139. The third-order valence-electron chi connectivity index (χ3n) is 5.99. The molecule has 1 aromatic carbocycles. The zero-order chi connectivity index (χ0) is 24.0. The van der Waals surface area contributed by atoms with E-state index in [1.807, 2.05) is 63.3 Å². The fraction of sp³-hybridized carbons (Fsp3) is 0.423. The quantitative estimate of drug-likeness (QED) is 0.698. The Balaban J connectivity index is 1.96. The maximum atomic E-state index is 13.5. The zero-order valence-electron chi connectivity index (χ0n) is 19.8. The highest BCUT2D eigenvalue weighted by atomic mass is 16.5. The summed E-state index contributed by atoms with van der Waals surface area (Å²) in [7, 11) is 1.76. The number of hydrogen-bond acceptors (Lipinski definition) is 5. The molecule has 2 aromatic rings. The molecule has 1 aromatic heterocycles. The van der Waals surface area contributed by atoms with Crippen molar-refractivity contribution in [3.05, 3.63) is 59.3 Å². The van der Waals surface area contributed by atoms with E-state index in [9.17, 15) is 14.7 Å². The van der Waals surface area contributed by atoms with Crippen molar-refractivity contribution in [3.8, 4) is 5.88 Å². The molecule has 0 radical (unpaired) electrons. The molecule has 0 saturated heterocycles. The third kappa shape index (κ3) is 5.99. The number of amides is 2. The van der Waals surface area contributed by atoms with E-state index in [0.29, 0.717) is 25.1 Å². The van der Waals surface area contributed by atoms with E-state index in [1.165, 1.54) is 0 Å². The second-order valence-electron chi connectivity index (χ2n) is 8.62. The maximum absolute atomic E-state index is 13.5. The number of aromatic nitrogens is 1. The summed E-state index contributed by atoms with van der Waals surface area (Å²) >= 11 is 0. The van der Waals surface area contributed by atoms with Gasteiger partial charge in [-0.2, -0.15) is 0 Å². The number of aliphatic hydroxyl groups is 1. The van der Waals surface area contributed by atoms with Gasteiger partial charge in [0.15, 0.2) is 0 Å². The van der Waals surface area contributed by atoms with Gasteiger partial charge in [-0.3, -0.25) is 9.59 Å². The molecule has 3 atom stereocenters. The summed E-state index contributed by atoms with van der Waals surface area (Å²) in [6.45, 7) is 6.28. The van der Waals surface area contributed by atoms with Crippen LogP contribution in [0.4, 0.5) is 0 Å². The first-order valence-electron chi connectivity index (χ1n) is 11.4. The van der Waals surface area contributed by atoms with Gasteiger partial charge >= 0.3 is 0 Å². The number of likely N-dealkylation sites (N-methyl/N-ethyl adjacent to an activating group) is 1. The Morgan fingerprint density at radius 1 is 1.30 bits per heavy atom. The molecule has 7 heteroatoms. The molecule has 0 saturated carbocycles. The van der Waals surface area contributed by atoms with Crippen molar-refractivity contribution in [1.29, 1.82) is 0 Å². The first-order valence-corrected chi connectivity index (χ1v) is 11.4. The maximum Gasteiger partial charge on any atom is 0.259 e. The highest BCUT2D eigenvalue weighted by molar-refractivity contribution is 5.97. The number of hydrogen-bond donors (Lipinski definition) is 1. The fourth-order valence-electron chi connectivity index (χ4n) is 3.83. The van der Waals surface area contributed by atoms with Crippen LogP contribution in [-0.4, -0.2) is 70.6 Å². The van der Waals surface area contributed by atoms with Crippen molar-refractivity contribution in [3.63, 3.8) is 0 Å². The summed E-state index contributed by atoms with van der Waals surface area (Å²) in [6, 6.07) is 11.3. The smallest absolute Gasteiger partial charge is 0.259 e. The number of pyridine rings is 1. The molecule has 7 nitrogen and oxygen atoms in total. The van der Waals surface area contributed by atoms with Gasteiger partial charge in [0.1, 0.15) is 11.7 Å². The van der Waals surface area contributed by atoms with E-state index in [1.54, 1.807) is 29.1 Å². The predicted octanol–water partition coefficient (Wildman–Crippen LogP) is 3.34. The second-order valence-corrected chi connectivity index (χ2v) is 8.62. The van der Waals surface area contributed by atoms with Crippen LogP contribution in [0.2, 0.25) is 0 Å². The number of aliphatic hydroxyl groups excluding tert-OH is 1. The molecule has 1 aliphatic heterocycles. The van der Waals surface area contributed by atoms with Crippen LogP contribution in [0.25, 0.3) is 12.2 Å². The number of ether oxygens (including phenoxy) is 1. The van der Waals surface area contributed by atoms with Crippen LogP contribution in [0.15, 0.2) is 42.6 Å². The SMILES string of the molecule is CCC(=O)N(C)C[C@@H]1Oc2ncc(/C=C/c3ccccc3)cc2C(=O)N([C@@H](C)CO)C[C@H]1C. The van der Waals surface area contributed by atoms with Crippen molar-refractivity contribution in [1.82, 2.24) is 14.8 Å². The second kappa shape index (κ2) is 11.1. The molecule has 2 heterocycles. The molecule has 0 fully saturated rings. The summed E-state index contributed by atoms with van der Waals surface area (Å²) in [5, 5.41) is 9.78. The number of carbonyl (C=O) groups is 2. The van der Waals surface area contributed by atoms with Crippen molar-refractivity contribution in [2.45, 2.75) is 39.3 Å². The van der Waals surface area contributed by atoms with Gasteiger partial charge in [-0.05, 0) is 24.1 Å². The van der Waals surface area contributed by atoms with Gasteiger partial charge in [-0.1, -0.05) is 56.3 Å². The van der Waals surface area contributed by atoms with E-state index < -0.39 is 0 Å². The Kier molecular flexibility index (Phi) is 8.22. The van der Waals surface area contributed by atoms with E-state index >= 15 is 0 Å². The topological polar surface area (TPSA) is 83.0 Å². The van der Waals surface area contributed by atoms with Crippen LogP contribution in [0.5, 0.6) is 5.88 Å². The molecule has 0 bridgehead atoms. The lowest BCUT2D eigenvalue weighted by Crippen LogP contribution is -2.50. The van der Waals surface area contributed by atoms with E-state index in [4.69, 9.17) is 4.74 Å². The summed E-state index contributed by atoms with van der Waals surface area (Å²) < 4.78 is 6.23. The Hall–Kier alpha value is -3.19. The first-order chi connectivity index (χ1) is 15.8. The lowest BCUT2D eigenvalue weighted by atomic mass is 9.99. The number of fused-ring (bicyclic) bond motifs is 1. The van der Waals surface area contributed by atoms with Crippen molar-refractivity contribution in [2.24, 2.45) is 5.92 Å². The molecule has 3 rings (SSSR count). The van der Waals surface area contributed by atoms with Crippen molar-refractivity contribution >= 4 is 24.0 Å². The minimum Gasteiger partial charge on any atom is -0.472 e. The fourth-order valence-corrected chi connectivity index (χ4v) is 3.83. The highest BCUT2D eigenvalue weighted by Gasteiger charge is 2.34. The van der Waals surface area contributed by atoms with Crippen LogP contribution >= 0.6 is 0 Å². The van der Waals surface area contributed by atoms with Crippen molar-refractivity contribution in [2.75, 3.05) is 26.7 Å². The lowest BCUT2D eigenvalue weighted by molar-refractivity contribution is -0.131. The van der Waals surface area contributed by atoms with Gasteiger partial charge in [0, 0.05) is 32.1 Å². The molecule has 0 spiro atoms. The number of benzene rings is 1. The van der Waals surface area contributed by atoms with Crippen LogP contribution in [-0.2, 0) is 4.79 Å². The molecule has 0 aliphatic carbocycles. The van der Waals surface area contributed by atoms with E-state index in [-0.39, 0.29) is 42.4 Å². The van der Waals surface area contributed by atoms with Gasteiger partial charge < -0.3 is 19.6 Å². The average molecular weight is 452 g/mol. The molecular weight excluding hydrogens is 418 g/mol. The normalized spacial score (nSPS) is 19.4. The highest BCUT2D eigenvalue weighted by Crippen LogP contribution is 2.28. The number of rotatable bonds is 7. The predicted molar refractivity (Wildman–Crippen MR) is 129 cm³/mol. The summed E-state index contributed by atoms with van der Waals surface area (Å²) in [4.78, 5) is 33.4. The number of carbonyl (C=O) groups excluding carboxylic acids is 2. The van der Waals surface area contributed by atoms with Crippen LogP contribution in [0, 0.1) is 5.92 Å². The van der Waals surface area contributed by atoms with Gasteiger partial charge in [-0.15, -0.1) is 0 Å². The number of nitrogens with zero attached hydrogens (tertiary/aromatic N) is 3.